The first-order valence-electron chi connectivity index (χ1n) is 6.63. The minimum absolute atomic E-state index is 0.137. The summed E-state index contributed by atoms with van der Waals surface area (Å²) in [6, 6.07) is 10.5. The molecule has 1 aliphatic rings. The fraction of sp³-hybridized carbons (Fsp3) is 0.600. The molecule has 0 radical (unpaired) electrons. The van der Waals surface area contributed by atoms with Gasteiger partial charge in [-0.1, -0.05) is 30.3 Å². The van der Waals surface area contributed by atoms with Gasteiger partial charge < -0.3 is 10.1 Å². The molecule has 94 valence electrons. The van der Waals surface area contributed by atoms with E-state index in [0.29, 0.717) is 0 Å². The van der Waals surface area contributed by atoms with Crippen molar-refractivity contribution in [3.63, 3.8) is 0 Å². The monoisotopic (exact) mass is 233 g/mol. The smallest absolute Gasteiger partial charge is 0.0804 e. The van der Waals surface area contributed by atoms with Gasteiger partial charge in [-0.2, -0.15) is 0 Å². The highest BCUT2D eigenvalue weighted by Gasteiger charge is 2.38. The van der Waals surface area contributed by atoms with Gasteiger partial charge in [0.2, 0.25) is 0 Å². The highest BCUT2D eigenvalue weighted by atomic mass is 16.5. The lowest BCUT2D eigenvalue weighted by Gasteiger charge is -2.43. The highest BCUT2D eigenvalue weighted by molar-refractivity contribution is 5.17. The van der Waals surface area contributed by atoms with Gasteiger partial charge in [-0.15, -0.1) is 0 Å². The van der Waals surface area contributed by atoms with Crippen LogP contribution in [0.2, 0.25) is 0 Å². The van der Waals surface area contributed by atoms with Crippen molar-refractivity contribution in [1.29, 1.82) is 0 Å². The topological polar surface area (TPSA) is 21.3 Å². The fourth-order valence-corrected chi connectivity index (χ4v) is 2.52. The Hall–Kier alpha value is -0.860. The molecular weight excluding hydrogens is 210 g/mol. The van der Waals surface area contributed by atoms with Crippen LogP contribution in [0.4, 0.5) is 0 Å². The summed E-state index contributed by atoms with van der Waals surface area (Å²) < 4.78 is 6.32. The molecule has 0 spiro atoms. The first kappa shape index (κ1) is 12.6. The standard InChI is InChI=1S/C15H23NO/c1-13(14-7-4-3-5-8-14)17-15(9-6-10-15)11-12-16-2/h3-5,7-8,13,16H,6,9-12H2,1-2H3. The Kier molecular flexibility index (Phi) is 4.19. The number of hydrogen-bond acceptors (Lipinski definition) is 2. The van der Waals surface area contributed by atoms with Crippen molar-refractivity contribution >= 4 is 0 Å². The largest absolute Gasteiger partial charge is 0.367 e. The average molecular weight is 233 g/mol. The Labute approximate surface area is 104 Å². The average Bonchev–Trinajstić information content (AvgIpc) is 2.33. The van der Waals surface area contributed by atoms with Gasteiger partial charge in [-0.25, -0.2) is 0 Å². The molecule has 2 nitrogen and oxygen atoms in total. The lowest BCUT2D eigenvalue weighted by atomic mass is 9.77. The van der Waals surface area contributed by atoms with E-state index < -0.39 is 0 Å². The van der Waals surface area contributed by atoms with Crippen molar-refractivity contribution in [1.82, 2.24) is 5.32 Å². The van der Waals surface area contributed by atoms with Gasteiger partial charge in [-0.05, 0) is 51.8 Å². The molecule has 1 unspecified atom stereocenters. The lowest BCUT2D eigenvalue weighted by molar-refractivity contribution is -0.139. The Morgan fingerprint density at radius 1 is 1.29 bits per heavy atom. The molecular formula is C15H23NO. The molecule has 2 heteroatoms. The molecule has 0 heterocycles. The number of ether oxygens (including phenoxy) is 1. The SMILES string of the molecule is CNCCC1(OC(C)c2ccccc2)CCC1. The molecule has 17 heavy (non-hydrogen) atoms. The van der Waals surface area contributed by atoms with E-state index in [1.54, 1.807) is 0 Å². The van der Waals surface area contributed by atoms with E-state index in [2.05, 4.69) is 42.6 Å². The Morgan fingerprint density at radius 2 is 2.00 bits per heavy atom. The van der Waals surface area contributed by atoms with Crippen molar-refractivity contribution < 1.29 is 4.74 Å². The van der Waals surface area contributed by atoms with Crippen molar-refractivity contribution in [3.05, 3.63) is 35.9 Å². The van der Waals surface area contributed by atoms with E-state index in [1.165, 1.54) is 24.8 Å². The van der Waals surface area contributed by atoms with E-state index in [4.69, 9.17) is 4.74 Å². The molecule has 1 fully saturated rings. The summed E-state index contributed by atoms with van der Waals surface area (Å²) in [6.07, 6.45) is 5.07. The van der Waals surface area contributed by atoms with Crippen LogP contribution in [-0.4, -0.2) is 19.2 Å². The van der Waals surface area contributed by atoms with Crippen LogP contribution < -0.4 is 5.32 Å². The number of benzene rings is 1. The third-order valence-corrected chi connectivity index (χ3v) is 3.79. The summed E-state index contributed by atoms with van der Waals surface area (Å²) in [5, 5.41) is 3.22. The van der Waals surface area contributed by atoms with Crippen LogP contribution in [-0.2, 0) is 4.74 Å². The third-order valence-electron chi connectivity index (χ3n) is 3.79. The molecule has 1 saturated carbocycles. The van der Waals surface area contributed by atoms with E-state index >= 15 is 0 Å². The van der Waals surface area contributed by atoms with Gasteiger partial charge in [0.1, 0.15) is 0 Å². The van der Waals surface area contributed by atoms with Crippen molar-refractivity contribution in [2.75, 3.05) is 13.6 Å². The van der Waals surface area contributed by atoms with Crippen molar-refractivity contribution in [3.8, 4) is 0 Å². The summed E-state index contributed by atoms with van der Waals surface area (Å²) >= 11 is 0. The van der Waals surface area contributed by atoms with Gasteiger partial charge in [0, 0.05) is 0 Å². The minimum atomic E-state index is 0.137. The lowest BCUT2D eigenvalue weighted by Crippen LogP contribution is -2.42. The summed E-state index contributed by atoms with van der Waals surface area (Å²) in [4.78, 5) is 0. The second kappa shape index (κ2) is 5.65. The predicted molar refractivity (Wildman–Crippen MR) is 71.1 cm³/mol. The van der Waals surface area contributed by atoms with Crippen molar-refractivity contribution in [2.24, 2.45) is 0 Å². The van der Waals surface area contributed by atoms with Crippen LogP contribution in [0.5, 0.6) is 0 Å². The third kappa shape index (κ3) is 3.08. The van der Waals surface area contributed by atoms with E-state index in [0.717, 1.165) is 13.0 Å². The maximum atomic E-state index is 6.32. The van der Waals surface area contributed by atoms with Crippen LogP contribution in [0.15, 0.2) is 30.3 Å². The zero-order valence-corrected chi connectivity index (χ0v) is 10.9. The molecule has 1 aromatic rings. The molecule has 1 atom stereocenters. The van der Waals surface area contributed by atoms with Gasteiger partial charge in [0.25, 0.3) is 0 Å². The molecule has 1 N–H and O–H groups in total. The van der Waals surface area contributed by atoms with Crippen LogP contribution in [0.3, 0.4) is 0 Å². The maximum absolute atomic E-state index is 6.32. The molecule has 0 saturated heterocycles. The molecule has 1 aromatic carbocycles. The predicted octanol–water partition coefficient (Wildman–Crippen LogP) is 3.30. The minimum Gasteiger partial charge on any atom is -0.367 e. The van der Waals surface area contributed by atoms with Crippen LogP contribution in [0.1, 0.15) is 44.3 Å². The quantitative estimate of drug-likeness (QED) is 0.814. The van der Waals surface area contributed by atoms with Crippen molar-refractivity contribution in [2.45, 2.75) is 44.3 Å². The summed E-state index contributed by atoms with van der Waals surface area (Å²) in [5.41, 5.74) is 1.42. The highest BCUT2D eigenvalue weighted by Crippen LogP contribution is 2.41. The molecule has 0 bridgehead atoms. The first-order chi connectivity index (χ1) is 8.26. The Morgan fingerprint density at radius 3 is 2.53 bits per heavy atom. The molecule has 2 rings (SSSR count). The fourth-order valence-electron chi connectivity index (χ4n) is 2.52. The Bertz CT molecular complexity index is 332. The van der Waals surface area contributed by atoms with Crippen LogP contribution in [0.25, 0.3) is 0 Å². The Balaban J connectivity index is 1.94. The summed E-state index contributed by atoms with van der Waals surface area (Å²) in [7, 11) is 2.01. The van der Waals surface area contributed by atoms with Gasteiger partial charge in [0.15, 0.2) is 0 Å². The van der Waals surface area contributed by atoms with Crippen LogP contribution in [0, 0.1) is 0 Å². The van der Waals surface area contributed by atoms with E-state index in [1.807, 2.05) is 7.05 Å². The summed E-state index contributed by atoms with van der Waals surface area (Å²) in [5.74, 6) is 0. The van der Waals surface area contributed by atoms with Crippen LogP contribution >= 0.6 is 0 Å². The maximum Gasteiger partial charge on any atom is 0.0804 e. The van der Waals surface area contributed by atoms with Gasteiger partial charge in [-0.3, -0.25) is 0 Å². The van der Waals surface area contributed by atoms with E-state index in [9.17, 15) is 0 Å². The van der Waals surface area contributed by atoms with Gasteiger partial charge >= 0.3 is 0 Å². The number of nitrogens with one attached hydrogen (secondary N) is 1. The number of rotatable bonds is 6. The van der Waals surface area contributed by atoms with Gasteiger partial charge in [0.05, 0.1) is 11.7 Å². The molecule has 0 aliphatic heterocycles. The second-order valence-corrected chi connectivity index (χ2v) is 5.06. The molecule has 0 amide bonds. The molecule has 1 aliphatic carbocycles. The zero-order valence-electron chi connectivity index (χ0n) is 10.9. The first-order valence-corrected chi connectivity index (χ1v) is 6.63. The zero-order chi connectivity index (χ0) is 12.1. The number of hydrogen-bond donors (Lipinski definition) is 1. The second-order valence-electron chi connectivity index (χ2n) is 5.06. The normalized spacial score (nSPS) is 19.6. The molecule has 0 aromatic heterocycles. The summed E-state index contributed by atoms with van der Waals surface area (Å²) in [6.45, 7) is 3.20. The van der Waals surface area contributed by atoms with E-state index in [-0.39, 0.29) is 11.7 Å².